The van der Waals surface area contributed by atoms with Crippen molar-refractivity contribution in [2.75, 3.05) is 6.61 Å². The first kappa shape index (κ1) is 11.0. The maximum absolute atomic E-state index is 11.4. The van der Waals surface area contributed by atoms with Crippen LogP contribution in [0.5, 0.6) is 0 Å². The van der Waals surface area contributed by atoms with Gasteiger partial charge in [0, 0.05) is 0 Å². The largest absolute Gasteiger partial charge is 0.464 e. The summed E-state index contributed by atoms with van der Waals surface area (Å²) in [6, 6.07) is -0.435. The Hall–Kier alpha value is -1.10. The molecule has 0 saturated heterocycles. The van der Waals surface area contributed by atoms with Gasteiger partial charge in [-0.2, -0.15) is 0 Å². The van der Waals surface area contributed by atoms with Gasteiger partial charge in [-0.1, -0.05) is 6.92 Å². The molecule has 0 aliphatic heterocycles. The molecule has 6 heteroatoms. The van der Waals surface area contributed by atoms with Crippen molar-refractivity contribution in [2.45, 2.75) is 26.3 Å². The molecule has 0 saturated carbocycles. The summed E-state index contributed by atoms with van der Waals surface area (Å²) in [6.07, 6.45) is 2.02. The summed E-state index contributed by atoms with van der Waals surface area (Å²) in [5.41, 5.74) is 0. The highest BCUT2D eigenvalue weighted by atomic mass is 35.5. The molecule has 0 spiro atoms. The SMILES string of the molecule is CCOC(=O)C(CC)n1cnc(Cl)n1. The molecule has 0 radical (unpaired) electrons. The van der Waals surface area contributed by atoms with E-state index in [-0.39, 0.29) is 11.3 Å². The van der Waals surface area contributed by atoms with Gasteiger partial charge in [0.15, 0.2) is 6.04 Å². The van der Waals surface area contributed by atoms with E-state index in [1.54, 1.807) is 6.92 Å². The molecule has 1 aromatic rings. The summed E-state index contributed by atoms with van der Waals surface area (Å²) < 4.78 is 6.30. The minimum Gasteiger partial charge on any atom is -0.464 e. The van der Waals surface area contributed by atoms with E-state index in [0.29, 0.717) is 13.0 Å². The molecule has 14 heavy (non-hydrogen) atoms. The highest BCUT2D eigenvalue weighted by Gasteiger charge is 2.20. The molecule has 1 rings (SSSR count). The first-order valence-corrected chi connectivity index (χ1v) is 4.80. The van der Waals surface area contributed by atoms with E-state index in [2.05, 4.69) is 10.1 Å². The van der Waals surface area contributed by atoms with Crippen LogP contribution in [0.2, 0.25) is 5.28 Å². The highest BCUT2D eigenvalue weighted by Crippen LogP contribution is 2.12. The minimum atomic E-state index is -0.435. The summed E-state index contributed by atoms with van der Waals surface area (Å²) in [5.74, 6) is -0.309. The Labute approximate surface area is 87.0 Å². The lowest BCUT2D eigenvalue weighted by atomic mass is 10.2. The maximum Gasteiger partial charge on any atom is 0.330 e. The van der Waals surface area contributed by atoms with Crippen molar-refractivity contribution < 1.29 is 9.53 Å². The normalized spacial score (nSPS) is 12.5. The van der Waals surface area contributed by atoms with Crippen molar-refractivity contribution in [2.24, 2.45) is 0 Å². The van der Waals surface area contributed by atoms with Crippen LogP contribution in [0.15, 0.2) is 6.33 Å². The number of rotatable bonds is 4. The van der Waals surface area contributed by atoms with Gasteiger partial charge in [0.25, 0.3) is 0 Å². The molecule has 0 aliphatic rings. The number of carbonyl (C=O) groups is 1. The van der Waals surface area contributed by atoms with Crippen LogP contribution in [0.3, 0.4) is 0 Å². The van der Waals surface area contributed by atoms with Gasteiger partial charge < -0.3 is 4.74 Å². The van der Waals surface area contributed by atoms with Crippen molar-refractivity contribution in [3.63, 3.8) is 0 Å². The van der Waals surface area contributed by atoms with E-state index >= 15 is 0 Å². The number of ether oxygens (including phenoxy) is 1. The van der Waals surface area contributed by atoms with Gasteiger partial charge >= 0.3 is 5.97 Å². The Morgan fingerprint density at radius 1 is 1.71 bits per heavy atom. The van der Waals surface area contributed by atoms with Crippen LogP contribution < -0.4 is 0 Å². The number of nitrogens with zero attached hydrogens (tertiary/aromatic N) is 3. The quantitative estimate of drug-likeness (QED) is 0.717. The Kier molecular flexibility index (Phi) is 3.88. The van der Waals surface area contributed by atoms with Crippen LogP contribution in [-0.4, -0.2) is 27.3 Å². The summed E-state index contributed by atoms with van der Waals surface area (Å²) in [6.45, 7) is 3.99. The van der Waals surface area contributed by atoms with Crippen molar-refractivity contribution in [1.29, 1.82) is 0 Å². The Bertz CT molecular complexity index is 313. The Balaban J connectivity index is 2.76. The van der Waals surface area contributed by atoms with Crippen molar-refractivity contribution in [3.8, 4) is 0 Å². The minimum absolute atomic E-state index is 0.132. The fourth-order valence-corrected chi connectivity index (χ4v) is 1.23. The van der Waals surface area contributed by atoms with Gasteiger partial charge in [-0.3, -0.25) is 0 Å². The molecule has 0 amide bonds. The monoisotopic (exact) mass is 217 g/mol. The van der Waals surface area contributed by atoms with Crippen LogP contribution in [0.25, 0.3) is 0 Å². The van der Waals surface area contributed by atoms with Crippen molar-refractivity contribution in [3.05, 3.63) is 11.6 Å². The summed E-state index contributed by atoms with van der Waals surface area (Å²) in [4.78, 5) is 15.2. The van der Waals surface area contributed by atoms with E-state index in [1.807, 2.05) is 6.92 Å². The third-order valence-electron chi connectivity index (χ3n) is 1.75. The van der Waals surface area contributed by atoms with E-state index in [1.165, 1.54) is 11.0 Å². The smallest absolute Gasteiger partial charge is 0.330 e. The van der Waals surface area contributed by atoms with Crippen LogP contribution in [-0.2, 0) is 9.53 Å². The topological polar surface area (TPSA) is 57.0 Å². The predicted molar refractivity (Wildman–Crippen MR) is 51.0 cm³/mol. The molecule has 0 aromatic carbocycles. The number of aromatic nitrogens is 3. The average molecular weight is 218 g/mol. The highest BCUT2D eigenvalue weighted by molar-refractivity contribution is 6.28. The Morgan fingerprint density at radius 2 is 2.43 bits per heavy atom. The predicted octanol–water partition coefficient (Wildman–Crippen LogP) is 1.45. The van der Waals surface area contributed by atoms with Gasteiger partial charge in [0.05, 0.1) is 6.61 Å². The summed E-state index contributed by atoms with van der Waals surface area (Å²) in [5, 5.41) is 3.99. The zero-order valence-corrected chi connectivity index (χ0v) is 8.86. The first-order valence-electron chi connectivity index (χ1n) is 4.42. The lowest BCUT2D eigenvalue weighted by Crippen LogP contribution is -2.21. The third-order valence-corrected chi connectivity index (χ3v) is 1.92. The molecule has 0 bridgehead atoms. The standard InChI is InChI=1S/C8H12ClN3O2/c1-3-6(7(13)14-4-2)12-5-10-8(9)11-12/h5-6H,3-4H2,1-2H3. The summed E-state index contributed by atoms with van der Waals surface area (Å²) in [7, 11) is 0. The lowest BCUT2D eigenvalue weighted by Gasteiger charge is -2.12. The average Bonchev–Trinajstić information content (AvgIpc) is 2.54. The molecule has 1 heterocycles. The molecular weight excluding hydrogens is 206 g/mol. The van der Waals surface area contributed by atoms with E-state index in [9.17, 15) is 4.79 Å². The van der Waals surface area contributed by atoms with Gasteiger partial charge in [-0.15, -0.1) is 5.10 Å². The number of carbonyl (C=O) groups excluding carboxylic acids is 1. The lowest BCUT2D eigenvalue weighted by molar-refractivity contribution is -0.147. The van der Waals surface area contributed by atoms with Crippen LogP contribution in [0.4, 0.5) is 0 Å². The third kappa shape index (κ3) is 2.45. The summed E-state index contributed by atoms with van der Waals surface area (Å²) >= 11 is 5.55. The number of hydrogen-bond acceptors (Lipinski definition) is 4. The van der Waals surface area contributed by atoms with Gasteiger partial charge in [-0.05, 0) is 24.9 Å². The van der Waals surface area contributed by atoms with E-state index < -0.39 is 6.04 Å². The fraction of sp³-hybridized carbons (Fsp3) is 0.625. The van der Waals surface area contributed by atoms with Crippen LogP contribution in [0, 0.1) is 0 Å². The second kappa shape index (κ2) is 4.95. The second-order valence-corrected chi connectivity index (χ2v) is 3.01. The molecule has 0 aliphatic carbocycles. The molecule has 78 valence electrons. The van der Waals surface area contributed by atoms with Gasteiger partial charge in [0.2, 0.25) is 5.28 Å². The van der Waals surface area contributed by atoms with Crippen molar-refractivity contribution >= 4 is 17.6 Å². The van der Waals surface area contributed by atoms with E-state index in [4.69, 9.17) is 16.3 Å². The number of esters is 1. The molecule has 0 fully saturated rings. The first-order chi connectivity index (χ1) is 6.69. The molecule has 1 atom stereocenters. The van der Waals surface area contributed by atoms with Gasteiger partial charge in [-0.25, -0.2) is 14.5 Å². The zero-order valence-electron chi connectivity index (χ0n) is 8.11. The molecule has 1 unspecified atom stereocenters. The van der Waals surface area contributed by atoms with Crippen LogP contribution in [0.1, 0.15) is 26.3 Å². The van der Waals surface area contributed by atoms with E-state index in [0.717, 1.165) is 0 Å². The van der Waals surface area contributed by atoms with Crippen molar-refractivity contribution in [1.82, 2.24) is 14.8 Å². The second-order valence-electron chi connectivity index (χ2n) is 2.67. The number of hydrogen-bond donors (Lipinski definition) is 0. The van der Waals surface area contributed by atoms with Gasteiger partial charge in [0.1, 0.15) is 6.33 Å². The zero-order chi connectivity index (χ0) is 10.6. The number of halogens is 1. The molecule has 1 aromatic heterocycles. The fourth-order valence-electron chi connectivity index (χ4n) is 1.10. The molecular formula is C8H12ClN3O2. The molecule has 0 N–H and O–H groups in total. The maximum atomic E-state index is 11.4. The molecule has 5 nitrogen and oxygen atoms in total. The Morgan fingerprint density at radius 3 is 2.86 bits per heavy atom. The van der Waals surface area contributed by atoms with Crippen LogP contribution >= 0.6 is 11.6 Å².